The predicted molar refractivity (Wildman–Crippen MR) is 93.4 cm³/mol. The van der Waals surface area contributed by atoms with Gasteiger partial charge in [0, 0.05) is 25.6 Å². The normalized spacial score (nSPS) is 24.1. The molecule has 0 bridgehead atoms. The summed E-state index contributed by atoms with van der Waals surface area (Å²) in [5.74, 6) is 1.38. The quantitative estimate of drug-likeness (QED) is 0.876. The SMILES string of the molecule is CC(O)CC(CNC(=O)N1CCC(C)C(C)C1)c1ccccc1. The molecule has 128 valence electrons. The summed E-state index contributed by atoms with van der Waals surface area (Å²) >= 11 is 0. The summed E-state index contributed by atoms with van der Waals surface area (Å²) in [4.78, 5) is 14.3. The van der Waals surface area contributed by atoms with Crippen molar-refractivity contribution in [2.75, 3.05) is 19.6 Å². The molecule has 1 aromatic rings. The zero-order valence-electron chi connectivity index (χ0n) is 14.5. The summed E-state index contributed by atoms with van der Waals surface area (Å²) in [6.07, 6.45) is 1.34. The van der Waals surface area contributed by atoms with Crippen molar-refractivity contribution in [2.45, 2.75) is 45.6 Å². The van der Waals surface area contributed by atoms with E-state index in [4.69, 9.17) is 0 Å². The van der Waals surface area contributed by atoms with Crippen LogP contribution < -0.4 is 5.32 Å². The van der Waals surface area contributed by atoms with Gasteiger partial charge in [0.05, 0.1) is 6.10 Å². The lowest BCUT2D eigenvalue weighted by molar-refractivity contribution is 0.142. The highest BCUT2D eigenvalue weighted by Gasteiger charge is 2.26. The minimum Gasteiger partial charge on any atom is -0.393 e. The minimum atomic E-state index is -0.382. The van der Waals surface area contributed by atoms with E-state index in [9.17, 15) is 9.90 Å². The molecule has 2 amide bonds. The molecule has 4 atom stereocenters. The minimum absolute atomic E-state index is 0.0234. The van der Waals surface area contributed by atoms with Gasteiger partial charge in [0.25, 0.3) is 0 Å². The van der Waals surface area contributed by atoms with Crippen molar-refractivity contribution in [2.24, 2.45) is 11.8 Å². The van der Waals surface area contributed by atoms with Gasteiger partial charge >= 0.3 is 6.03 Å². The van der Waals surface area contributed by atoms with Gasteiger partial charge in [-0.1, -0.05) is 44.2 Å². The van der Waals surface area contributed by atoms with E-state index in [-0.39, 0.29) is 18.1 Å². The topological polar surface area (TPSA) is 52.6 Å². The van der Waals surface area contributed by atoms with Crippen molar-refractivity contribution in [1.29, 1.82) is 0 Å². The maximum atomic E-state index is 12.4. The number of hydrogen-bond donors (Lipinski definition) is 2. The Morgan fingerprint density at radius 2 is 2.00 bits per heavy atom. The third kappa shape index (κ3) is 5.24. The molecule has 0 radical (unpaired) electrons. The number of aliphatic hydroxyl groups is 1. The van der Waals surface area contributed by atoms with Gasteiger partial charge in [-0.2, -0.15) is 0 Å². The Balaban J connectivity index is 1.91. The molecule has 4 nitrogen and oxygen atoms in total. The molecule has 0 saturated carbocycles. The number of aliphatic hydroxyl groups excluding tert-OH is 1. The molecule has 0 aromatic heterocycles. The lowest BCUT2D eigenvalue weighted by Crippen LogP contribution is -2.47. The first-order chi connectivity index (χ1) is 11.0. The molecule has 0 spiro atoms. The van der Waals surface area contributed by atoms with E-state index in [1.165, 1.54) is 0 Å². The van der Waals surface area contributed by atoms with Crippen LogP contribution in [0.15, 0.2) is 30.3 Å². The molecule has 23 heavy (non-hydrogen) atoms. The molecular weight excluding hydrogens is 288 g/mol. The molecule has 1 aromatic carbocycles. The molecule has 1 heterocycles. The van der Waals surface area contributed by atoms with Gasteiger partial charge < -0.3 is 15.3 Å². The zero-order valence-corrected chi connectivity index (χ0v) is 14.5. The van der Waals surface area contributed by atoms with Crippen molar-refractivity contribution in [3.63, 3.8) is 0 Å². The van der Waals surface area contributed by atoms with Crippen LogP contribution in [-0.2, 0) is 0 Å². The fourth-order valence-corrected chi connectivity index (χ4v) is 3.24. The Kier molecular flexibility index (Phi) is 6.46. The monoisotopic (exact) mass is 318 g/mol. The number of nitrogens with one attached hydrogen (secondary N) is 1. The Bertz CT molecular complexity index is 489. The number of piperidine rings is 1. The molecular formula is C19H30N2O2. The molecule has 2 rings (SSSR count). The van der Waals surface area contributed by atoms with Crippen molar-refractivity contribution in [3.8, 4) is 0 Å². The van der Waals surface area contributed by atoms with Gasteiger partial charge in [-0.05, 0) is 37.2 Å². The van der Waals surface area contributed by atoms with E-state index in [1.54, 1.807) is 6.92 Å². The second-order valence-corrected chi connectivity index (χ2v) is 7.07. The number of urea groups is 1. The molecule has 0 aliphatic carbocycles. The lowest BCUT2D eigenvalue weighted by atomic mass is 9.89. The van der Waals surface area contributed by atoms with Gasteiger partial charge in [0.2, 0.25) is 0 Å². The second-order valence-electron chi connectivity index (χ2n) is 7.07. The number of hydrogen-bond acceptors (Lipinski definition) is 2. The average Bonchev–Trinajstić information content (AvgIpc) is 2.54. The number of rotatable bonds is 5. The molecule has 1 fully saturated rings. The lowest BCUT2D eigenvalue weighted by Gasteiger charge is -2.35. The highest BCUT2D eigenvalue weighted by molar-refractivity contribution is 5.74. The van der Waals surface area contributed by atoms with E-state index in [0.29, 0.717) is 24.8 Å². The first-order valence-electron chi connectivity index (χ1n) is 8.73. The standard InChI is InChI=1S/C19H30N2O2/c1-14-9-10-21(13-15(14)2)19(23)20-12-18(11-16(3)22)17-7-5-4-6-8-17/h4-8,14-16,18,22H,9-13H2,1-3H3,(H,20,23). The van der Waals surface area contributed by atoms with Crippen LogP contribution in [0.4, 0.5) is 4.79 Å². The molecule has 1 aliphatic rings. The highest BCUT2D eigenvalue weighted by Crippen LogP contribution is 2.23. The predicted octanol–water partition coefficient (Wildman–Crippen LogP) is 3.23. The number of likely N-dealkylation sites (tertiary alicyclic amines) is 1. The fourth-order valence-electron chi connectivity index (χ4n) is 3.24. The van der Waals surface area contributed by atoms with E-state index in [2.05, 4.69) is 31.3 Å². The largest absolute Gasteiger partial charge is 0.393 e. The third-order valence-electron chi connectivity index (χ3n) is 5.02. The van der Waals surface area contributed by atoms with Crippen LogP contribution >= 0.6 is 0 Å². The number of amides is 2. The number of carbonyl (C=O) groups excluding carboxylic acids is 1. The van der Waals surface area contributed by atoms with Gasteiger partial charge in [0.15, 0.2) is 0 Å². The summed E-state index contributed by atoms with van der Waals surface area (Å²) in [5, 5.41) is 12.8. The van der Waals surface area contributed by atoms with Gasteiger partial charge in [-0.25, -0.2) is 4.79 Å². The first kappa shape index (κ1) is 17.8. The second kappa shape index (κ2) is 8.34. The average molecular weight is 318 g/mol. The van der Waals surface area contributed by atoms with Crippen molar-refractivity contribution in [3.05, 3.63) is 35.9 Å². The van der Waals surface area contributed by atoms with Crippen LogP contribution in [0.2, 0.25) is 0 Å². The highest BCUT2D eigenvalue weighted by atomic mass is 16.3. The Morgan fingerprint density at radius 3 is 2.61 bits per heavy atom. The summed E-state index contributed by atoms with van der Waals surface area (Å²) in [6.45, 7) is 8.50. The fraction of sp³-hybridized carbons (Fsp3) is 0.632. The van der Waals surface area contributed by atoms with E-state index < -0.39 is 0 Å². The van der Waals surface area contributed by atoms with Crippen LogP contribution in [0.25, 0.3) is 0 Å². The van der Waals surface area contributed by atoms with Crippen molar-refractivity contribution >= 4 is 6.03 Å². The van der Waals surface area contributed by atoms with Crippen LogP contribution in [-0.4, -0.2) is 41.8 Å². The molecule has 1 aliphatic heterocycles. The van der Waals surface area contributed by atoms with Gasteiger partial charge in [0.1, 0.15) is 0 Å². The molecule has 4 heteroatoms. The number of benzene rings is 1. The summed E-state index contributed by atoms with van der Waals surface area (Å²) < 4.78 is 0. The maximum Gasteiger partial charge on any atom is 0.317 e. The van der Waals surface area contributed by atoms with Gasteiger partial charge in [-0.15, -0.1) is 0 Å². The maximum absolute atomic E-state index is 12.4. The van der Waals surface area contributed by atoms with Crippen LogP contribution in [0.3, 0.4) is 0 Å². The Morgan fingerprint density at radius 1 is 1.30 bits per heavy atom. The summed E-state index contributed by atoms with van der Waals surface area (Å²) in [6, 6.07) is 10.1. The van der Waals surface area contributed by atoms with E-state index in [0.717, 1.165) is 25.1 Å². The number of carbonyl (C=O) groups is 1. The molecule has 2 N–H and O–H groups in total. The van der Waals surface area contributed by atoms with Crippen LogP contribution in [0, 0.1) is 11.8 Å². The summed E-state index contributed by atoms with van der Waals surface area (Å²) in [5.41, 5.74) is 1.16. The van der Waals surface area contributed by atoms with Crippen LogP contribution in [0.5, 0.6) is 0 Å². The zero-order chi connectivity index (χ0) is 16.8. The van der Waals surface area contributed by atoms with Crippen LogP contribution in [0.1, 0.15) is 45.1 Å². The Hall–Kier alpha value is -1.55. The smallest absolute Gasteiger partial charge is 0.317 e. The first-order valence-corrected chi connectivity index (χ1v) is 8.73. The van der Waals surface area contributed by atoms with E-state index >= 15 is 0 Å². The van der Waals surface area contributed by atoms with E-state index in [1.807, 2.05) is 23.1 Å². The Labute approximate surface area is 139 Å². The van der Waals surface area contributed by atoms with Crippen molar-refractivity contribution < 1.29 is 9.90 Å². The third-order valence-corrected chi connectivity index (χ3v) is 5.02. The molecule has 1 saturated heterocycles. The van der Waals surface area contributed by atoms with Gasteiger partial charge in [-0.3, -0.25) is 0 Å². The molecule has 4 unspecified atom stereocenters. The number of nitrogens with zero attached hydrogens (tertiary/aromatic N) is 1. The van der Waals surface area contributed by atoms with Crippen molar-refractivity contribution in [1.82, 2.24) is 10.2 Å². The summed E-state index contributed by atoms with van der Waals surface area (Å²) in [7, 11) is 0.